The molecule has 0 radical (unpaired) electrons. The van der Waals surface area contributed by atoms with Gasteiger partial charge in [0.2, 0.25) is 10.0 Å². The molecule has 1 aromatic heterocycles. The summed E-state index contributed by atoms with van der Waals surface area (Å²) in [5.74, 6) is 0.754. The van der Waals surface area contributed by atoms with E-state index in [0.717, 1.165) is 27.9 Å². The number of aryl methyl sites for hydroxylation is 2. The van der Waals surface area contributed by atoms with Gasteiger partial charge < -0.3 is 14.4 Å². The Morgan fingerprint density at radius 1 is 1.10 bits per heavy atom. The van der Waals surface area contributed by atoms with E-state index in [-0.39, 0.29) is 24.6 Å². The van der Waals surface area contributed by atoms with Crippen molar-refractivity contribution in [2.24, 2.45) is 7.05 Å². The van der Waals surface area contributed by atoms with Crippen molar-refractivity contribution in [3.63, 3.8) is 0 Å². The highest BCUT2D eigenvalue weighted by molar-refractivity contribution is 7.89. The van der Waals surface area contributed by atoms with Crippen molar-refractivity contribution >= 4 is 20.9 Å². The van der Waals surface area contributed by atoms with Crippen LogP contribution in [0.15, 0.2) is 65.6 Å². The number of hydrogen-bond donors (Lipinski definition) is 1. The Morgan fingerprint density at radius 2 is 1.83 bits per heavy atom. The molecule has 3 aromatic rings. The molecule has 3 rings (SSSR count). The number of fused-ring (bicyclic) bond motifs is 1. The smallest absolute Gasteiger partial charge is 0.243 e. The van der Waals surface area contributed by atoms with Crippen LogP contribution in [0, 0.1) is 6.92 Å². The first-order chi connectivity index (χ1) is 13.9. The summed E-state index contributed by atoms with van der Waals surface area (Å²) in [6, 6.07) is 14.6. The summed E-state index contributed by atoms with van der Waals surface area (Å²) >= 11 is 0. The molecule has 6 nitrogen and oxygen atoms in total. The summed E-state index contributed by atoms with van der Waals surface area (Å²) in [6.45, 7) is 2.16. The van der Waals surface area contributed by atoms with E-state index in [2.05, 4.69) is 0 Å². The predicted molar refractivity (Wildman–Crippen MR) is 114 cm³/mol. The third-order valence-electron chi connectivity index (χ3n) is 4.93. The van der Waals surface area contributed by atoms with Gasteiger partial charge >= 0.3 is 0 Å². The van der Waals surface area contributed by atoms with Gasteiger partial charge in [0, 0.05) is 30.2 Å². The number of aliphatic hydroxyl groups is 1. The number of methoxy groups -OCH3 is 1. The number of rotatable bonds is 8. The van der Waals surface area contributed by atoms with Gasteiger partial charge in [0.25, 0.3) is 0 Å². The van der Waals surface area contributed by atoms with Crippen LogP contribution in [0.25, 0.3) is 10.9 Å². The number of aliphatic hydroxyl groups excluding tert-OH is 1. The largest absolute Gasteiger partial charge is 0.497 e. The van der Waals surface area contributed by atoms with E-state index in [1.165, 1.54) is 4.31 Å². The third kappa shape index (κ3) is 4.53. The van der Waals surface area contributed by atoms with E-state index in [1.54, 1.807) is 43.5 Å². The molecular formula is C22H26N2O4S. The summed E-state index contributed by atoms with van der Waals surface area (Å²) < 4.78 is 35.2. The lowest BCUT2D eigenvalue weighted by atomic mass is 10.2. The number of nitrogens with zero attached hydrogens (tertiary/aromatic N) is 2. The van der Waals surface area contributed by atoms with Crippen LogP contribution in [0.1, 0.15) is 11.3 Å². The molecular weight excluding hydrogens is 388 g/mol. The van der Waals surface area contributed by atoms with Gasteiger partial charge in [0.1, 0.15) is 5.75 Å². The Bertz CT molecular complexity index is 1120. The highest BCUT2D eigenvalue weighted by atomic mass is 32.2. The van der Waals surface area contributed by atoms with Crippen LogP contribution in [0.4, 0.5) is 0 Å². The van der Waals surface area contributed by atoms with Gasteiger partial charge in [-0.1, -0.05) is 29.8 Å². The van der Waals surface area contributed by atoms with Crippen LogP contribution in [0.5, 0.6) is 5.75 Å². The normalized spacial score (nSPS) is 12.3. The van der Waals surface area contributed by atoms with Crippen molar-refractivity contribution in [3.05, 3.63) is 71.9 Å². The maximum absolute atomic E-state index is 13.3. The molecule has 1 N–H and O–H groups in total. The topological polar surface area (TPSA) is 71.8 Å². The minimum Gasteiger partial charge on any atom is -0.497 e. The summed E-state index contributed by atoms with van der Waals surface area (Å²) in [4.78, 5) is 0.251. The summed E-state index contributed by atoms with van der Waals surface area (Å²) in [5.41, 5.74) is 2.86. The highest BCUT2D eigenvalue weighted by Gasteiger charge is 2.25. The lowest BCUT2D eigenvalue weighted by molar-refractivity contribution is 0.341. The Morgan fingerprint density at radius 3 is 2.48 bits per heavy atom. The summed E-state index contributed by atoms with van der Waals surface area (Å²) in [5, 5.41) is 10.0. The lowest BCUT2D eigenvalue weighted by Crippen LogP contribution is -2.31. The van der Waals surface area contributed by atoms with Crippen LogP contribution >= 0.6 is 0 Å². The van der Waals surface area contributed by atoms with E-state index >= 15 is 0 Å². The predicted octanol–water partition coefficient (Wildman–Crippen LogP) is 3.23. The maximum atomic E-state index is 13.3. The van der Waals surface area contributed by atoms with Gasteiger partial charge in [0.15, 0.2) is 0 Å². The average Bonchev–Trinajstić information content (AvgIpc) is 3.02. The fourth-order valence-corrected chi connectivity index (χ4v) is 4.58. The monoisotopic (exact) mass is 414 g/mol. The molecule has 0 aliphatic heterocycles. The zero-order chi connectivity index (χ0) is 21.0. The molecule has 0 saturated heterocycles. The average molecular weight is 415 g/mol. The molecule has 0 fully saturated rings. The zero-order valence-corrected chi connectivity index (χ0v) is 17.7. The van der Waals surface area contributed by atoms with E-state index in [0.29, 0.717) is 0 Å². The lowest BCUT2D eigenvalue weighted by Gasteiger charge is -2.21. The van der Waals surface area contributed by atoms with E-state index in [1.807, 2.05) is 42.8 Å². The maximum Gasteiger partial charge on any atom is 0.243 e. The first-order valence-electron chi connectivity index (χ1n) is 9.32. The molecule has 0 aliphatic carbocycles. The van der Waals surface area contributed by atoms with Crippen molar-refractivity contribution in [1.82, 2.24) is 8.87 Å². The Labute approximate surface area is 171 Å². The molecule has 29 heavy (non-hydrogen) atoms. The van der Waals surface area contributed by atoms with Gasteiger partial charge in [-0.05, 0) is 43.3 Å². The Hall–Kier alpha value is -2.61. The number of sulfonamides is 1. The second-order valence-electron chi connectivity index (χ2n) is 6.88. The van der Waals surface area contributed by atoms with Crippen LogP contribution < -0.4 is 4.74 Å². The minimum absolute atomic E-state index is 0.133. The van der Waals surface area contributed by atoms with E-state index < -0.39 is 10.0 Å². The van der Waals surface area contributed by atoms with Gasteiger partial charge in [0.05, 0.1) is 25.2 Å². The number of ether oxygens (including phenoxy) is 1. The highest BCUT2D eigenvalue weighted by Crippen LogP contribution is 2.26. The molecule has 0 spiro atoms. The molecule has 154 valence electrons. The quantitative estimate of drug-likeness (QED) is 0.575. The summed E-state index contributed by atoms with van der Waals surface area (Å²) in [7, 11) is -0.161. The fraction of sp³-hybridized carbons (Fsp3) is 0.273. The van der Waals surface area contributed by atoms with Crippen LogP contribution in [-0.4, -0.2) is 42.7 Å². The van der Waals surface area contributed by atoms with Gasteiger partial charge in [-0.25, -0.2) is 8.42 Å². The summed E-state index contributed by atoms with van der Waals surface area (Å²) in [6.07, 6.45) is 3.21. The van der Waals surface area contributed by atoms with Crippen molar-refractivity contribution < 1.29 is 18.3 Å². The zero-order valence-electron chi connectivity index (χ0n) is 16.9. The Kier molecular flexibility index (Phi) is 6.42. The third-order valence-corrected chi connectivity index (χ3v) is 6.75. The van der Waals surface area contributed by atoms with Crippen molar-refractivity contribution in [1.29, 1.82) is 0 Å². The van der Waals surface area contributed by atoms with E-state index in [9.17, 15) is 8.42 Å². The SMILES string of the molecule is COc1ccc2c(c1)cc(CN(C/C=C\CO)S(=O)(=O)c1ccc(C)cc1)n2C. The van der Waals surface area contributed by atoms with Gasteiger partial charge in [-0.15, -0.1) is 0 Å². The molecule has 0 unspecified atom stereocenters. The second kappa shape index (κ2) is 8.82. The Balaban J connectivity index is 1.99. The van der Waals surface area contributed by atoms with Crippen LogP contribution in [-0.2, 0) is 23.6 Å². The fourth-order valence-electron chi connectivity index (χ4n) is 3.22. The molecule has 2 aromatic carbocycles. The molecule has 0 atom stereocenters. The van der Waals surface area contributed by atoms with Gasteiger partial charge in [-0.2, -0.15) is 4.31 Å². The minimum atomic E-state index is -3.70. The van der Waals surface area contributed by atoms with Gasteiger partial charge in [-0.3, -0.25) is 0 Å². The van der Waals surface area contributed by atoms with Crippen LogP contribution in [0.2, 0.25) is 0 Å². The van der Waals surface area contributed by atoms with Crippen molar-refractivity contribution in [3.8, 4) is 5.75 Å². The molecule has 0 saturated carbocycles. The first-order valence-corrected chi connectivity index (χ1v) is 10.8. The molecule has 0 aliphatic rings. The molecule has 0 bridgehead atoms. The second-order valence-corrected chi connectivity index (χ2v) is 8.82. The molecule has 0 amide bonds. The van der Waals surface area contributed by atoms with E-state index in [4.69, 9.17) is 9.84 Å². The standard InChI is InChI=1S/C22H26N2O4S/c1-17-6-9-21(10-7-17)29(26,27)24(12-4-5-13-25)16-19-14-18-15-20(28-3)8-11-22(18)23(19)2/h4-11,14-15,25H,12-13,16H2,1-3H3/b5-4-. The van der Waals surface area contributed by atoms with Crippen LogP contribution in [0.3, 0.4) is 0 Å². The number of aromatic nitrogens is 1. The van der Waals surface area contributed by atoms with Crippen molar-refractivity contribution in [2.45, 2.75) is 18.4 Å². The van der Waals surface area contributed by atoms with Crippen molar-refractivity contribution in [2.75, 3.05) is 20.3 Å². The first kappa shape index (κ1) is 21.1. The number of hydrogen-bond acceptors (Lipinski definition) is 4. The molecule has 7 heteroatoms. The number of benzene rings is 2. The molecule has 1 heterocycles.